The lowest BCUT2D eigenvalue weighted by Crippen LogP contribution is -2.55. The fraction of sp³-hybridized carbons (Fsp3) is 0.160. The fourth-order valence-corrected chi connectivity index (χ4v) is 4.08. The Labute approximate surface area is 181 Å². The highest BCUT2D eigenvalue weighted by atomic mass is 35.5. The largest absolute Gasteiger partial charge is 0.488 e. The van der Waals surface area contributed by atoms with E-state index in [9.17, 15) is 4.79 Å². The van der Waals surface area contributed by atoms with Crippen LogP contribution in [0.15, 0.2) is 95.9 Å². The highest BCUT2D eigenvalue weighted by Crippen LogP contribution is 2.33. The summed E-state index contributed by atoms with van der Waals surface area (Å²) in [6.07, 6.45) is 1.81. The van der Waals surface area contributed by atoms with Crippen LogP contribution < -0.4 is 10.3 Å². The maximum absolute atomic E-state index is 11.9. The van der Waals surface area contributed by atoms with Crippen molar-refractivity contribution in [3.8, 4) is 5.75 Å². The molecule has 3 aromatic carbocycles. The second kappa shape index (κ2) is 8.74. The first-order valence-electron chi connectivity index (χ1n) is 9.90. The van der Waals surface area contributed by atoms with Crippen molar-refractivity contribution >= 4 is 23.2 Å². The minimum absolute atomic E-state index is 0. The highest BCUT2D eigenvalue weighted by molar-refractivity contribution is 5.85. The molecule has 5 rings (SSSR count). The molecule has 30 heavy (non-hydrogen) atoms. The lowest BCUT2D eigenvalue weighted by Gasteiger charge is -2.44. The first kappa shape index (κ1) is 20.2. The summed E-state index contributed by atoms with van der Waals surface area (Å²) < 4.78 is 6.20. The van der Waals surface area contributed by atoms with Crippen LogP contribution in [0.25, 0.3) is 10.8 Å². The molecule has 152 valence electrons. The molecule has 1 aliphatic heterocycles. The number of aromatic nitrogens is 1. The number of fused-ring (bicyclic) bond motifs is 1. The first-order chi connectivity index (χ1) is 14.3. The van der Waals surface area contributed by atoms with E-state index in [1.165, 1.54) is 11.1 Å². The second-order valence-corrected chi connectivity index (χ2v) is 7.47. The van der Waals surface area contributed by atoms with Crippen molar-refractivity contribution in [3.05, 3.63) is 113 Å². The number of halogens is 1. The topological polar surface area (TPSA) is 45.3 Å². The molecule has 4 nitrogen and oxygen atoms in total. The van der Waals surface area contributed by atoms with Gasteiger partial charge in [-0.2, -0.15) is 0 Å². The monoisotopic (exact) mass is 418 g/mol. The zero-order valence-electron chi connectivity index (χ0n) is 16.4. The van der Waals surface area contributed by atoms with E-state index in [4.69, 9.17) is 4.74 Å². The molecule has 0 atom stereocenters. The minimum atomic E-state index is -0.0718. The van der Waals surface area contributed by atoms with Crippen LogP contribution in [0, 0.1) is 0 Å². The summed E-state index contributed by atoms with van der Waals surface area (Å²) in [5.41, 5.74) is 2.52. The third-order valence-corrected chi connectivity index (χ3v) is 5.52. The van der Waals surface area contributed by atoms with Crippen LogP contribution >= 0.6 is 12.4 Å². The predicted molar refractivity (Wildman–Crippen MR) is 123 cm³/mol. The van der Waals surface area contributed by atoms with Crippen LogP contribution in [0.5, 0.6) is 5.75 Å². The van der Waals surface area contributed by atoms with E-state index in [0.29, 0.717) is 5.39 Å². The van der Waals surface area contributed by atoms with Gasteiger partial charge in [0.25, 0.3) is 5.56 Å². The summed E-state index contributed by atoms with van der Waals surface area (Å²) in [4.78, 5) is 17.0. The van der Waals surface area contributed by atoms with Crippen LogP contribution in [0.1, 0.15) is 17.2 Å². The quantitative estimate of drug-likeness (QED) is 0.506. The molecular weight excluding hydrogens is 396 g/mol. The smallest absolute Gasteiger partial charge is 0.255 e. The summed E-state index contributed by atoms with van der Waals surface area (Å²) in [6, 6.07) is 29.0. The maximum Gasteiger partial charge on any atom is 0.255 e. The summed E-state index contributed by atoms with van der Waals surface area (Å²) >= 11 is 0. The average Bonchev–Trinajstić information content (AvgIpc) is 2.74. The predicted octanol–water partition coefficient (Wildman–Crippen LogP) is 4.80. The molecule has 2 heterocycles. The number of benzene rings is 3. The van der Waals surface area contributed by atoms with E-state index in [1.807, 2.05) is 24.3 Å². The Hall–Kier alpha value is -3.08. The van der Waals surface area contributed by atoms with Gasteiger partial charge >= 0.3 is 0 Å². The van der Waals surface area contributed by atoms with Crippen molar-refractivity contribution < 1.29 is 4.74 Å². The molecule has 0 radical (unpaired) electrons. The minimum Gasteiger partial charge on any atom is -0.488 e. The summed E-state index contributed by atoms with van der Waals surface area (Å²) in [7, 11) is 0. The molecule has 0 amide bonds. The number of ether oxygens (including phenoxy) is 1. The molecule has 1 saturated heterocycles. The summed E-state index contributed by atoms with van der Waals surface area (Å²) in [5, 5.41) is 1.58. The van der Waals surface area contributed by atoms with Crippen molar-refractivity contribution in [2.45, 2.75) is 12.1 Å². The van der Waals surface area contributed by atoms with Gasteiger partial charge in [-0.15, -0.1) is 12.4 Å². The van der Waals surface area contributed by atoms with Gasteiger partial charge in [-0.3, -0.25) is 9.69 Å². The van der Waals surface area contributed by atoms with E-state index in [0.717, 1.165) is 24.2 Å². The van der Waals surface area contributed by atoms with Crippen molar-refractivity contribution in [2.24, 2.45) is 0 Å². The van der Waals surface area contributed by atoms with E-state index >= 15 is 0 Å². The first-order valence-corrected chi connectivity index (χ1v) is 9.90. The van der Waals surface area contributed by atoms with Crippen LogP contribution in [-0.2, 0) is 0 Å². The molecule has 1 N–H and O–H groups in total. The lowest BCUT2D eigenvalue weighted by molar-refractivity contribution is 0.000364. The number of nitrogens with one attached hydrogen (secondary N) is 1. The molecule has 1 aliphatic rings. The number of rotatable bonds is 5. The Bertz CT molecular complexity index is 1130. The molecule has 0 saturated carbocycles. The number of nitrogens with zero attached hydrogens (tertiary/aromatic N) is 1. The molecule has 0 aliphatic carbocycles. The summed E-state index contributed by atoms with van der Waals surface area (Å²) in [5.74, 6) is 0.809. The number of pyridine rings is 1. The van der Waals surface area contributed by atoms with Crippen molar-refractivity contribution in [3.63, 3.8) is 0 Å². The van der Waals surface area contributed by atoms with Gasteiger partial charge in [-0.1, -0.05) is 60.7 Å². The van der Waals surface area contributed by atoms with E-state index in [1.54, 1.807) is 6.20 Å². The Kier molecular flexibility index (Phi) is 5.88. The van der Waals surface area contributed by atoms with Crippen molar-refractivity contribution in [1.82, 2.24) is 9.88 Å². The SMILES string of the molecule is Cl.O=c1[nH]ccc2cc(OC3CN(C(c4ccccc4)c4ccccc4)C3)ccc12. The molecule has 0 unspecified atom stereocenters. The van der Waals surface area contributed by atoms with Crippen LogP contribution in [-0.4, -0.2) is 29.1 Å². The Balaban J connectivity index is 0.00000218. The third kappa shape index (κ3) is 3.97. The number of aromatic amines is 1. The maximum atomic E-state index is 11.9. The molecular formula is C25H23ClN2O2. The number of H-pyrrole nitrogens is 1. The second-order valence-electron chi connectivity index (χ2n) is 7.47. The Morgan fingerprint density at radius 1 is 0.867 bits per heavy atom. The van der Waals surface area contributed by atoms with Gasteiger partial charge in [0.2, 0.25) is 0 Å². The fourth-order valence-electron chi connectivity index (χ4n) is 4.08. The molecule has 1 fully saturated rings. The van der Waals surface area contributed by atoms with E-state index < -0.39 is 0 Å². The molecule has 4 aromatic rings. The zero-order valence-corrected chi connectivity index (χ0v) is 17.2. The van der Waals surface area contributed by atoms with Gasteiger partial charge in [-0.05, 0) is 40.8 Å². The van der Waals surface area contributed by atoms with Gasteiger partial charge < -0.3 is 9.72 Å². The van der Waals surface area contributed by atoms with Crippen molar-refractivity contribution in [2.75, 3.05) is 13.1 Å². The number of hydrogen-bond acceptors (Lipinski definition) is 3. The molecule has 1 aromatic heterocycles. The molecule has 0 bridgehead atoms. The highest BCUT2D eigenvalue weighted by Gasteiger charge is 2.35. The third-order valence-electron chi connectivity index (χ3n) is 5.52. The van der Waals surface area contributed by atoms with Gasteiger partial charge in [0.15, 0.2) is 0 Å². The van der Waals surface area contributed by atoms with E-state index in [-0.39, 0.29) is 30.1 Å². The number of likely N-dealkylation sites (tertiary alicyclic amines) is 1. The average molecular weight is 419 g/mol. The normalized spacial score (nSPS) is 14.3. The standard InChI is InChI=1S/C25H22N2O2.ClH/c28-25-23-12-11-21(15-20(23)13-14-26-25)29-22-16-27(17-22)24(18-7-3-1-4-8-18)19-9-5-2-6-10-19;/h1-15,22,24H,16-17H2,(H,26,28);1H. The summed E-state index contributed by atoms with van der Waals surface area (Å²) in [6.45, 7) is 1.73. The van der Waals surface area contributed by atoms with Gasteiger partial charge in [0.1, 0.15) is 11.9 Å². The van der Waals surface area contributed by atoms with Crippen LogP contribution in [0.4, 0.5) is 0 Å². The van der Waals surface area contributed by atoms with Crippen molar-refractivity contribution in [1.29, 1.82) is 0 Å². The van der Waals surface area contributed by atoms with Crippen LogP contribution in [0.2, 0.25) is 0 Å². The number of hydrogen-bond donors (Lipinski definition) is 1. The van der Waals surface area contributed by atoms with Gasteiger partial charge in [-0.25, -0.2) is 0 Å². The lowest BCUT2D eigenvalue weighted by atomic mass is 9.94. The van der Waals surface area contributed by atoms with Crippen LogP contribution in [0.3, 0.4) is 0 Å². The van der Waals surface area contributed by atoms with Gasteiger partial charge in [0, 0.05) is 24.7 Å². The van der Waals surface area contributed by atoms with Gasteiger partial charge in [0.05, 0.1) is 6.04 Å². The molecule has 5 heteroatoms. The Morgan fingerprint density at radius 3 is 2.13 bits per heavy atom. The molecule has 0 spiro atoms. The zero-order chi connectivity index (χ0) is 19.6. The van der Waals surface area contributed by atoms with E-state index in [2.05, 4.69) is 70.5 Å². The Morgan fingerprint density at radius 2 is 1.50 bits per heavy atom.